The van der Waals surface area contributed by atoms with Crippen LogP contribution in [-0.4, -0.2) is 45.5 Å². The largest absolute Gasteiger partial charge is 0.545 e. The molecule has 0 saturated heterocycles. The first-order valence-electron chi connectivity index (χ1n) is 7.47. The second-order valence-electron chi connectivity index (χ2n) is 4.98. The van der Waals surface area contributed by atoms with E-state index < -0.39 is 11.9 Å². The van der Waals surface area contributed by atoms with Crippen LogP contribution >= 0.6 is 23.5 Å². The second-order valence-corrected chi connectivity index (χ2v) is 7.13. The molecule has 0 aromatic heterocycles. The van der Waals surface area contributed by atoms with Crippen LogP contribution in [0.4, 0.5) is 0 Å². The number of aliphatic hydroxyl groups is 2. The van der Waals surface area contributed by atoms with Gasteiger partial charge < -0.3 is 30.0 Å². The molecule has 1 rings (SSSR count). The predicted molar refractivity (Wildman–Crippen MR) is 90.8 cm³/mol. The summed E-state index contributed by atoms with van der Waals surface area (Å²) >= 11 is 2.68. The highest BCUT2D eigenvalue weighted by molar-refractivity contribution is 7.99. The lowest BCUT2D eigenvalue weighted by atomic mass is 9.91. The Morgan fingerprint density at radius 1 is 0.917 bits per heavy atom. The average Bonchev–Trinajstić information content (AvgIpc) is 2.55. The number of aliphatic hydroxyl groups excluding tert-OH is 2. The van der Waals surface area contributed by atoms with Gasteiger partial charge in [-0.25, -0.2) is 0 Å². The Morgan fingerprint density at radius 2 is 1.50 bits per heavy atom. The van der Waals surface area contributed by atoms with Crippen LogP contribution in [0.1, 0.15) is 44.7 Å². The summed E-state index contributed by atoms with van der Waals surface area (Å²) in [6.45, 7) is 0. The van der Waals surface area contributed by atoms with Gasteiger partial charge in [-0.05, 0) is 48.3 Å². The summed E-state index contributed by atoms with van der Waals surface area (Å²) < 4.78 is 0. The number of carbonyl (C=O) groups excluding carboxylic acids is 2. The van der Waals surface area contributed by atoms with E-state index in [2.05, 4.69) is 0 Å². The molecule has 0 fully saturated rings. The van der Waals surface area contributed by atoms with E-state index in [-0.39, 0.29) is 23.0 Å². The van der Waals surface area contributed by atoms with Crippen molar-refractivity contribution in [2.45, 2.75) is 25.7 Å². The number of hydrogen-bond donors (Lipinski definition) is 2. The maximum absolute atomic E-state index is 11.5. The summed E-state index contributed by atoms with van der Waals surface area (Å²) in [5.74, 6) is -1.69. The molecule has 0 aliphatic heterocycles. The lowest BCUT2D eigenvalue weighted by Gasteiger charge is -2.20. The smallest absolute Gasteiger partial charge is 0.0885 e. The zero-order valence-electron chi connectivity index (χ0n) is 13.2. The van der Waals surface area contributed by atoms with Crippen molar-refractivity contribution in [2.75, 3.05) is 23.4 Å². The summed E-state index contributed by atoms with van der Waals surface area (Å²) in [7, 11) is 0. The van der Waals surface area contributed by atoms with E-state index in [1.54, 1.807) is 6.07 Å². The number of thioether (sulfide) groups is 2. The van der Waals surface area contributed by atoms with Gasteiger partial charge in [-0.2, -0.15) is 0 Å². The Morgan fingerprint density at radius 3 is 2.00 bits per heavy atom. The van der Waals surface area contributed by atoms with Crippen LogP contribution in [0.15, 0.2) is 12.1 Å². The van der Waals surface area contributed by atoms with Crippen molar-refractivity contribution in [3.8, 4) is 0 Å². The molecule has 0 atom stereocenters. The van der Waals surface area contributed by atoms with Crippen molar-refractivity contribution in [2.24, 2.45) is 0 Å². The molecule has 1 aromatic rings. The first-order chi connectivity index (χ1) is 11.5. The molecule has 0 heterocycles. The van der Waals surface area contributed by atoms with Crippen LogP contribution < -0.4 is 10.2 Å². The Bertz CT molecular complexity index is 562. The zero-order valence-corrected chi connectivity index (χ0v) is 14.8. The first kappa shape index (κ1) is 20.8. The Labute approximate surface area is 149 Å². The number of aryl methyl sites for hydroxylation is 1. The number of carbonyl (C=O) groups is 2. The molecule has 0 amide bonds. The van der Waals surface area contributed by atoms with E-state index in [1.165, 1.54) is 29.6 Å². The molecular formula is C16H20O6S2-2. The van der Waals surface area contributed by atoms with Gasteiger partial charge in [0.15, 0.2) is 0 Å². The molecule has 0 bridgehead atoms. The molecular weight excluding hydrogens is 352 g/mol. The van der Waals surface area contributed by atoms with E-state index >= 15 is 0 Å². The minimum absolute atomic E-state index is 0.0162. The zero-order chi connectivity index (χ0) is 17.9. The lowest BCUT2D eigenvalue weighted by molar-refractivity contribution is -0.259. The summed E-state index contributed by atoms with van der Waals surface area (Å²) in [6.07, 6.45) is 2.32. The summed E-state index contributed by atoms with van der Waals surface area (Å²) in [6, 6.07) is 2.87. The number of rotatable bonds is 12. The number of benzene rings is 1. The SMILES string of the molecule is O=C([O-])c1ccc(CCCSCO)c(CCCSCO)c1C(=O)[O-]. The quantitative estimate of drug-likeness (QED) is 0.377. The van der Waals surface area contributed by atoms with Crippen LogP contribution in [0.5, 0.6) is 0 Å². The van der Waals surface area contributed by atoms with Crippen LogP contribution in [0.3, 0.4) is 0 Å². The van der Waals surface area contributed by atoms with E-state index in [0.29, 0.717) is 30.6 Å². The fourth-order valence-corrected chi connectivity index (χ4v) is 3.41. The normalized spacial score (nSPS) is 10.8. The molecule has 0 unspecified atom stereocenters. The Hall–Kier alpha value is -1.22. The van der Waals surface area contributed by atoms with Gasteiger partial charge in [0.1, 0.15) is 0 Å². The van der Waals surface area contributed by atoms with Crippen molar-refractivity contribution < 1.29 is 30.0 Å². The third-order valence-corrected chi connectivity index (χ3v) is 4.99. The van der Waals surface area contributed by atoms with Gasteiger partial charge in [0, 0.05) is 11.1 Å². The number of hydrogen-bond acceptors (Lipinski definition) is 8. The van der Waals surface area contributed by atoms with Gasteiger partial charge in [-0.3, -0.25) is 0 Å². The number of aromatic carboxylic acids is 2. The van der Waals surface area contributed by atoms with E-state index in [9.17, 15) is 19.8 Å². The van der Waals surface area contributed by atoms with E-state index in [1.807, 2.05) is 0 Å². The van der Waals surface area contributed by atoms with Crippen molar-refractivity contribution in [1.29, 1.82) is 0 Å². The predicted octanol–water partition coefficient (Wildman–Crippen LogP) is -0.355. The molecule has 0 saturated carbocycles. The summed E-state index contributed by atoms with van der Waals surface area (Å²) in [5, 5.41) is 40.3. The van der Waals surface area contributed by atoms with Gasteiger partial charge in [-0.1, -0.05) is 12.1 Å². The fraction of sp³-hybridized carbons (Fsp3) is 0.500. The van der Waals surface area contributed by atoms with Crippen molar-refractivity contribution >= 4 is 35.5 Å². The van der Waals surface area contributed by atoms with Crippen molar-refractivity contribution in [3.63, 3.8) is 0 Å². The molecule has 6 nitrogen and oxygen atoms in total. The summed E-state index contributed by atoms with van der Waals surface area (Å²) in [4.78, 5) is 22.7. The average molecular weight is 372 g/mol. The van der Waals surface area contributed by atoms with E-state index in [0.717, 1.165) is 17.7 Å². The first-order valence-corrected chi connectivity index (χ1v) is 9.78. The number of carboxylic acids is 2. The molecule has 0 aliphatic rings. The topological polar surface area (TPSA) is 121 Å². The monoisotopic (exact) mass is 372 g/mol. The van der Waals surface area contributed by atoms with Gasteiger partial charge in [0.25, 0.3) is 0 Å². The van der Waals surface area contributed by atoms with Gasteiger partial charge in [-0.15, -0.1) is 23.5 Å². The van der Waals surface area contributed by atoms with Gasteiger partial charge >= 0.3 is 0 Å². The third-order valence-electron chi connectivity index (χ3n) is 3.47. The van der Waals surface area contributed by atoms with Crippen LogP contribution in [-0.2, 0) is 12.8 Å². The fourth-order valence-electron chi connectivity index (χ4n) is 2.46. The maximum atomic E-state index is 11.5. The van der Waals surface area contributed by atoms with Crippen molar-refractivity contribution in [1.82, 2.24) is 0 Å². The molecule has 2 N–H and O–H groups in total. The highest BCUT2D eigenvalue weighted by Crippen LogP contribution is 2.23. The lowest BCUT2D eigenvalue weighted by Crippen LogP contribution is -2.31. The molecule has 0 aliphatic carbocycles. The standard InChI is InChI=1S/C16H22O6S2/c17-9-23-7-1-3-11-5-6-13(15(19)20)14(16(21)22)12(11)4-2-8-24-10-18/h5-6,17-18H,1-4,7-10H2,(H,19,20)(H,21,22)/p-2. The molecule has 1 aromatic carbocycles. The molecule has 24 heavy (non-hydrogen) atoms. The minimum atomic E-state index is -1.54. The molecule has 8 heteroatoms. The van der Waals surface area contributed by atoms with Crippen LogP contribution in [0.2, 0.25) is 0 Å². The minimum Gasteiger partial charge on any atom is -0.545 e. The van der Waals surface area contributed by atoms with Crippen LogP contribution in [0, 0.1) is 0 Å². The third kappa shape index (κ3) is 6.35. The highest BCUT2D eigenvalue weighted by atomic mass is 32.2. The van der Waals surface area contributed by atoms with Gasteiger partial charge in [0.05, 0.1) is 23.8 Å². The Balaban J connectivity index is 3.08. The molecule has 0 spiro atoms. The van der Waals surface area contributed by atoms with Gasteiger partial charge in [0.2, 0.25) is 0 Å². The maximum Gasteiger partial charge on any atom is 0.0885 e. The number of carboxylic acid groups (broad SMARTS) is 2. The van der Waals surface area contributed by atoms with Crippen molar-refractivity contribution in [3.05, 3.63) is 34.4 Å². The molecule has 0 radical (unpaired) electrons. The highest BCUT2D eigenvalue weighted by Gasteiger charge is 2.15. The van der Waals surface area contributed by atoms with Crippen LogP contribution in [0.25, 0.3) is 0 Å². The second kappa shape index (κ2) is 11.4. The Kier molecular flexibility index (Phi) is 9.85. The molecule has 134 valence electrons. The van der Waals surface area contributed by atoms with E-state index in [4.69, 9.17) is 10.2 Å². The summed E-state index contributed by atoms with van der Waals surface area (Å²) in [5.41, 5.74) is 0.556.